The van der Waals surface area contributed by atoms with Crippen molar-refractivity contribution in [3.63, 3.8) is 0 Å². The second kappa shape index (κ2) is 13.5. The van der Waals surface area contributed by atoms with Crippen LogP contribution in [0.1, 0.15) is 54.9 Å². The van der Waals surface area contributed by atoms with Crippen LogP contribution < -0.4 is 10.1 Å². The molecule has 3 N–H and O–H groups in total. The van der Waals surface area contributed by atoms with E-state index in [0.29, 0.717) is 43.9 Å². The lowest BCUT2D eigenvalue weighted by molar-refractivity contribution is -0.130. The van der Waals surface area contributed by atoms with Gasteiger partial charge in [-0.3, -0.25) is 4.79 Å². The van der Waals surface area contributed by atoms with Crippen molar-refractivity contribution in [2.75, 3.05) is 13.2 Å². The van der Waals surface area contributed by atoms with Crippen molar-refractivity contribution in [3.8, 4) is 5.75 Å². The van der Waals surface area contributed by atoms with Gasteiger partial charge in [0.25, 0.3) is 5.91 Å². The quantitative estimate of drug-likeness (QED) is 0.231. The SMILES string of the molecule is O=C(NC1CCC(O)CC1)[C@]1(Cc2ccc(Br)cc2)N=C(c2ccc(OCCCO)cc2)O[C@@H]1c1ccccc1Br. The average molecular weight is 686 g/mol. The zero-order valence-electron chi connectivity index (χ0n) is 22.6. The molecule has 1 fully saturated rings. The maximum absolute atomic E-state index is 14.4. The van der Waals surface area contributed by atoms with Gasteiger partial charge in [0.15, 0.2) is 11.6 Å². The normalized spacial score (nSPS) is 23.9. The number of aliphatic hydroxyl groups excluding tert-OH is 2. The van der Waals surface area contributed by atoms with Gasteiger partial charge in [0, 0.05) is 45.6 Å². The first-order valence-corrected chi connectivity index (χ1v) is 15.5. The first kappa shape index (κ1) is 29.8. The monoisotopic (exact) mass is 684 g/mol. The Bertz CT molecular complexity index is 1360. The minimum absolute atomic E-state index is 0.0397. The van der Waals surface area contributed by atoms with E-state index in [1.165, 1.54) is 0 Å². The summed E-state index contributed by atoms with van der Waals surface area (Å²) < 4.78 is 14.1. The van der Waals surface area contributed by atoms with E-state index in [9.17, 15) is 9.90 Å². The Morgan fingerprint density at radius 1 is 1.00 bits per heavy atom. The highest BCUT2D eigenvalue weighted by atomic mass is 79.9. The van der Waals surface area contributed by atoms with Gasteiger partial charge < -0.3 is 25.0 Å². The third kappa shape index (κ3) is 7.02. The Morgan fingerprint density at radius 3 is 2.39 bits per heavy atom. The molecule has 3 aromatic rings. The first-order valence-electron chi connectivity index (χ1n) is 14.0. The second-order valence-corrected chi connectivity index (χ2v) is 12.4. The van der Waals surface area contributed by atoms with E-state index in [1.54, 1.807) is 0 Å². The van der Waals surface area contributed by atoms with Gasteiger partial charge in [0.2, 0.25) is 5.90 Å². The van der Waals surface area contributed by atoms with Crippen molar-refractivity contribution >= 4 is 43.7 Å². The number of ether oxygens (including phenoxy) is 2. The molecule has 0 spiro atoms. The molecular formula is C32H34Br2N2O5. The van der Waals surface area contributed by atoms with Gasteiger partial charge in [-0.2, -0.15) is 0 Å². The molecule has 7 nitrogen and oxygen atoms in total. The highest BCUT2D eigenvalue weighted by Gasteiger charge is 2.54. The number of carbonyl (C=O) groups excluding carboxylic acids is 1. The Morgan fingerprint density at radius 2 is 1.71 bits per heavy atom. The lowest BCUT2D eigenvalue weighted by Crippen LogP contribution is -2.53. The Balaban J connectivity index is 1.55. The molecule has 5 rings (SSSR count). The summed E-state index contributed by atoms with van der Waals surface area (Å²) in [5.74, 6) is 0.877. The van der Waals surface area contributed by atoms with Gasteiger partial charge in [0.1, 0.15) is 5.75 Å². The number of nitrogens with one attached hydrogen (secondary N) is 1. The molecular weight excluding hydrogens is 652 g/mol. The maximum atomic E-state index is 14.4. The fraction of sp³-hybridized carbons (Fsp3) is 0.375. The molecule has 1 saturated carbocycles. The van der Waals surface area contributed by atoms with E-state index in [1.807, 2.05) is 72.8 Å². The van der Waals surface area contributed by atoms with Crippen molar-refractivity contribution < 1.29 is 24.5 Å². The summed E-state index contributed by atoms with van der Waals surface area (Å²) in [6, 6.07) is 23.1. The van der Waals surface area contributed by atoms with Gasteiger partial charge >= 0.3 is 0 Å². The minimum Gasteiger partial charge on any atom is -0.494 e. The summed E-state index contributed by atoms with van der Waals surface area (Å²) in [6.45, 7) is 0.495. The predicted octanol–water partition coefficient (Wildman–Crippen LogP) is 5.89. The highest BCUT2D eigenvalue weighted by Crippen LogP contribution is 2.45. The van der Waals surface area contributed by atoms with Crippen LogP contribution in [0.4, 0.5) is 0 Å². The number of hydrogen-bond acceptors (Lipinski definition) is 6. The van der Waals surface area contributed by atoms with Gasteiger partial charge in [0.05, 0.1) is 12.7 Å². The van der Waals surface area contributed by atoms with E-state index in [-0.39, 0.29) is 24.7 Å². The number of aliphatic hydroxyl groups is 2. The summed E-state index contributed by atoms with van der Waals surface area (Å²) in [6.07, 6.45) is 2.64. The molecule has 9 heteroatoms. The van der Waals surface area contributed by atoms with Crippen molar-refractivity contribution in [1.29, 1.82) is 0 Å². The molecule has 0 unspecified atom stereocenters. The van der Waals surface area contributed by atoms with Gasteiger partial charge in [-0.1, -0.05) is 62.2 Å². The fourth-order valence-electron chi connectivity index (χ4n) is 5.39. The number of benzene rings is 3. The van der Waals surface area contributed by atoms with Crippen molar-refractivity contribution in [2.45, 2.75) is 62.3 Å². The molecule has 41 heavy (non-hydrogen) atoms. The fourth-order valence-corrected chi connectivity index (χ4v) is 6.15. The van der Waals surface area contributed by atoms with E-state index in [2.05, 4.69) is 37.2 Å². The largest absolute Gasteiger partial charge is 0.494 e. The molecule has 1 heterocycles. The van der Waals surface area contributed by atoms with Crippen LogP contribution >= 0.6 is 31.9 Å². The van der Waals surface area contributed by atoms with E-state index in [0.717, 1.165) is 38.5 Å². The Labute approximate surface area is 257 Å². The summed E-state index contributed by atoms with van der Waals surface area (Å²) >= 11 is 7.21. The lowest BCUT2D eigenvalue weighted by Gasteiger charge is -2.34. The number of nitrogens with zero attached hydrogens (tertiary/aromatic N) is 1. The van der Waals surface area contributed by atoms with Crippen LogP contribution in [-0.4, -0.2) is 52.9 Å². The maximum Gasteiger partial charge on any atom is 0.252 e. The second-order valence-electron chi connectivity index (χ2n) is 10.6. The van der Waals surface area contributed by atoms with E-state index >= 15 is 0 Å². The molecule has 1 aliphatic carbocycles. The Kier molecular flexibility index (Phi) is 9.80. The first-order chi connectivity index (χ1) is 19.9. The molecule has 0 bridgehead atoms. The van der Waals surface area contributed by atoms with Gasteiger partial charge in [-0.15, -0.1) is 0 Å². The lowest BCUT2D eigenvalue weighted by atomic mass is 9.81. The number of rotatable bonds is 10. The molecule has 1 aliphatic heterocycles. The molecule has 0 aromatic heterocycles. The third-order valence-electron chi connectivity index (χ3n) is 7.64. The van der Waals surface area contributed by atoms with E-state index in [4.69, 9.17) is 19.6 Å². The van der Waals surface area contributed by atoms with Crippen LogP contribution in [0.5, 0.6) is 5.75 Å². The molecule has 0 saturated heterocycles. The summed E-state index contributed by atoms with van der Waals surface area (Å²) in [5.41, 5.74) is 1.25. The highest BCUT2D eigenvalue weighted by molar-refractivity contribution is 9.10. The molecule has 216 valence electrons. The zero-order chi connectivity index (χ0) is 28.8. The average Bonchev–Trinajstić information content (AvgIpc) is 3.36. The Hall–Kier alpha value is -2.72. The molecule has 2 aliphatic rings. The van der Waals surface area contributed by atoms with Crippen molar-refractivity contribution in [3.05, 3.63) is 98.4 Å². The van der Waals surface area contributed by atoms with Crippen LogP contribution in [-0.2, 0) is 16.0 Å². The number of carbonyl (C=O) groups is 1. The molecule has 2 atom stereocenters. The molecule has 3 aromatic carbocycles. The predicted molar refractivity (Wildman–Crippen MR) is 165 cm³/mol. The van der Waals surface area contributed by atoms with Crippen molar-refractivity contribution in [1.82, 2.24) is 5.32 Å². The molecule has 0 radical (unpaired) electrons. The van der Waals surface area contributed by atoms with Crippen LogP contribution in [0.25, 0.3) is 0 Å². The number of aliphatic imine (C=N–C) groups is 1. The summed E-state index contributed by atoms with van der Waals surface area (Å²) in [7, 11) is 0. The molecule has 1 amide bonds. The zero-order valence-corrected chi connectivity index (χ0v) is 25.8. The van der Waals surface area contributed by atoms with Crippen LogP contribution in [0.3, 0.4) is 0 Å². The van der Waals surface area contributed by atoms with Crippen LogP contribution in [0, 0.1) is 0 Å². The van der Waals surface area contributed by atoms with Gasteiger partial charge in [-0.25, -0.2) is 4.99 Å². The standard InChI is InChI=1S/C32H34Br2N2O5/c33-23-10-6-21(7-11-23)20-32(31(39)35-24-12-14-25(38)15-13-24)29(27-4-1-2-5-28(27)34)41-30(36-32)22-8-16-26(17-9-22)40-19-3-18-37/h1-2,4-11,16-17,24-25,29,37-38H,3,12-15,18-20H2,(H,35,39)/t24?,25?,29-,32-/m1/s1. The van der Waals surface area contributed by atoms with Crippen molar-refractivity contribution in [2.24, 2.45) is 4.99 Å². The number of hydrogen-bond donors (Lipinski definition) is 3. The van der Waals surface area contributed by atoms with Gasteiger partial charge in [-0.05, 0) is 73.7 Å². The number of amides is 1. The topological polar surface area (TPSA) is 100 Å². The summed E-state index contributed by atoms with van der Waals surface area (Å²) in [5, 5.41) is 22.3. The van der Waals surface area contributed by atoms with Crippen LogP contribution in [0.2, 0.25) is 0 Å². The number of halogens is 2. The third-order valence-corrected chi connectivity index (χ3v) is 8.89. The van der Waals surface area contributed by atoms with E-state index < -0.39 is 11.6 Å². The minimum atomic E-state index is -1.28. The smallest absolute Gasteiger partial charge is 0.252 e. The summed E-state index contributed by atoms with van der Waals surface area (Å²) in [4.78, 5) is 19.6. The van der Waals surface area contributed by atoms with Crippen LogP contribution in [0.15, 0.2) is 86.7 Å².